The fourth-order valence-corrected chi connectivity index (χ4v) is 2.27. The maximum absolute atomic E-state index is 5.69. The Bertz CT molecular complexity index is 132. The van der Waals surface area contributed by atoms with E-state index in [-0.39, 0.29) is 5.60 Å². The molecule has 0 atom stereocenters. The van der Waals surface area contributed by atoms with Crippen LogP contribution in [0.3, 0.4) is 0 Å². The van der Waals surface area contributed by atoms with Crippen molar-refractivity contribution in [1.29, 1.82) is 0 Å². The highest BCUT2D eigenvalue weighted by Gasteiger charge is 2.36. The topological polar surface area (TPSA) is 9.23 Å². The molecule has 0 amide bonds. The van der Waals surface area contributed by atoms with Crippen LogP contribution >= 0.6 is 0 Å². The molecule has 1 rings (SSSR count). The average molecular weight is 170 g/mol. The van der Waals surface area contributed by atoms with Crippen molar-refractivity contribution in [3.05, 3.63) is 0 Å². The second kappa shape index (κ2) is 3.78. The molecule has 12 heavy (non-hydrogen) atoms. The van der Waals surface area contributed by atoms with Crippen molar-refractivity contribution in [2.75, 3.05) is 7.11 Å². The first kappa shape index (κ1) is 10.0. The molecular weight excluding hydrogens is 148 g/mol. The molecule has 0 aromatic heterocycles. The number of ether oxygens (including phenoxy) is 1. The van der Waals surface area contributed by atoms with Crippen molar-refractivity contribution in [2.24, 2.45) is 11.8 Å². The highest BCUT2D eigenvalue weighted by molar-refractivity contribution is 4.88. The van der Waals surface area contributed by atoms with Gasteiger partial charge in [0.1, 0.15) is 0 Å². The zero-order valence-corrected chi connectivity index (χ0v) is 8.89. The number of rotatable bonds is 2. The van der Waals surface area contributed by atoms with Gasteiger partial charge in [-0.3, -0.25) is 0 Å². The van der Waals surface area contributed by atoms with Gasteiger partial charge in [-0.25, -0.2) is 0 Å². The second-order valence-corrected chi connectivity index (χ2v) is 4.61. The molecule has 0 saturated heterocycles. The summed E-state index contributed by atoms with van der Waals surface area (Å²) < 4.78 is 5.69. The first-order valence-electron chi connectivity index (χ1n) is 5.16. The van der Waals surface area contributed by atoms with Gasteiger partial charge in [-0.2, -0.15) is 0 Å². The molecule has 0 bridgehead atoms. The molecule has 1 heteroatoms. The first-order valence-corrected chi connectivity index (χ1v) is 5.16. The van der Waals surface area contributed by atoms with Gasteiger partial charge >= 0.3 is 0 Å². The summed E-state index contributed by atoms with van der Waals surface area (Å²) in [6, 6.07) is 0. The largest absolute Gasteiger partial charge is 0.378 e. The standard InChI is InChI=1S/C11H22O/c1-9(2)11(12-4)7-5-10(3)6-8-11/h9-10H,5-8H2,1-4H3. The molecule has 0 heterocycles. The molecule has 0 radical (unpaired) electrons. The molecule has 1 nitrogen and oxygen atoms in total. The van der Waals surface area contributed by atoms with E-state index in [0.29, 0.717) is 5.92 Å². The maximum atomic E-state index is 5.69. The van der Waals surface area contributed by atoms with E-state index >= 15 is 0 Å². The maximum Gasteiger partial charge on any atom is 0.0701 e. The van der Waals surface area contributed by atoms with Gasteiger partial charge in [0.2, 0.25) is 0 Å². The van der Waals surface area contributed by atoms with Crippen LogP contribution in [0.2, 0.25) is 0 Å². The number of hydrogen-bond acceptors (Lipinski definition) is 1. The van der Waals surface area contributed by atoms with E-state index in [4.69, 9.17) is 4.74 Å². The SMILES string of the molecule is COC1(C(C)C)CCC(C)CC1. The first-order chi connectivity index (χ1) is 5.60. The smallest absolute Gasteiger partial charge is 0.0701 e. The van der Waals surface area contributed by atoms with Crippen molar-refractivity contribution in [2.45, 2.75) is 52.1 Å². The molecule has 1 saturated carbocycles. The van der Waals surface area contributed by atoms with Crippen molar-refractivity contribution >= 4 is 0 Å². The van der Waals surface area contributed by atoms with Crippen molar-refractivity contribution < 1.29 is 4.74 Å². The number of hydrogen-bond donors (Lipinski definition) is 0. The third-order valence-corrected chi connectivity index (χ3v) is 3.58. The molecule has 1 aliphatic carbocycles. The summed E-state index contributed by atoms with van der Waals surface area (Å²) in [6.07, 6.45) is 5.18. The lowest BCUT2D eigenvalue weighted by Gasteiger charge is -2.41. The van der Waals surface area contributed by atoms with E-state index in [1.807, 2.05) is 7.11 Å². The van der Waals surface area contributed by atoms with Crippen LogP contribution in [0, 0.1) is 11.8 Å². The van der Waals surface area contributed by atoms with Crippen LogP contribution in [-0.4, -0.2) is 12.7 Å². The molecule has 1 fully saturated rings. The van der Waals surface area contributed by atoms with Gasteiger partial charge in [0, 0.05) is 7.11 Å². The third-order valence-electron chi connectivity index (χ3n) is 3.58. The average Bonchev–Trinajstić information content (AvgIpc) is 2.06. The lowest BCUT2D eigenvalue weighted by Crippen LogP contribution is -2.40. The Morgan fingerprint density at radius 3 is 2.08 bits per heavy atom. The molecule has 72 valence electrons. The van der Waals surface area contributed by atoms with Gasteiger partial charge in [0.05, 0.1) is 5.60 Å². The molecule has 0 unspecified atom stereocenters. The van der Waals surface area contributed by atoms with E-state index in [9.17, 15) is 0 Å². The molecule has 0 aromatic rings. The normalized spacial score (nSPS) is 37.2. The summed E-state index contributed by atoms with van der Waals surface area (Å²) >= 11 is 0. The van der Waals surface area contributed by atoms with Crippen molar-refractivity contribution in [3.8, 4) is 0 Å². The molecule has 0 N–H and O–H groups in total. The van der Waals surface area contributed by atoms with Crippen LogP contribution in [0.5, 0.6) is 0 Å². The monoisotopic (exact) mass is 170 g/mol. The van der Waals surface area contributed by atoms with Crippen LogP contribution in [0.25, 0.3) is 0 Å². The molecule has 0 aliphatic heterocycles. The minimum absolute atomic E-state index is 0.201. The Hall–Kier alpha value is -0.0400. The van der Waals surface area contributed by atoms with Gasteiger partial charge in [0.25, 0.3) is 0 Å². The van der Waals surface area contributed by atoms with E-state index in [1.54, 1.807) is 0 Å². The van der Waals surface area contributed by atoms with Crippen molar-refractivity contribution in [3.63, 3.8) is 0 Å². The molecule has 0 spiro atoms. The van der Waals surface area contributed by atoms with Crippen LogP contribution in [0.4, 0.5) is 0 Å². The number of methoxy groups -OCH3 is 1. The summed E-state index contributed by atoms with van der Waals surface area (Å²) in [5.41, 5.74) is 0.201. The predicted octanol–water partition coefficient (Wildman–Crippen LogP) is 3.24. The predicted molar refractivity (Wildman–Crippen MR) is 52.2 cm³/mol. The minimum Gasteiger partial charge on any atom is -0.378 e. The van der Waals surface area contributed by atoms with E-state index in [1.165, 1.54) is 25.7 Å². The summed E-state index contributed by atoms with van der Waals surface area (Å²) in [5, 5.41) is 0. The summed E-state index contributed by atoms with van der Waals surface area (Å²) in [4.78, 5) is 0. The highest BCUT2D eigenvalue weighted by atomic mass is 16.5. The van der Waals surface area contributed by atoms with Crippen LogP contribution in [0.1, 0.15) is 46.5 Å². The van der Waals surface area contributed by atoms with Gasteiger partial charge in [-0.05, 0) is 37.5 Å². The summed E-state index contributed by atoms with van der Waals surface area (Å²) in [7, 11) is 1.87. The van der Waals surface area contributed by atoms with E-state index in [0.717, 1.165) is 5.92 Å². The summed E-state index contributed by atoms with van der Waals surface area (Å²) in [5.74, 6) is 1.57. The Morgan fingerprint density at radius 2 is 1.75 bits per heavy atom. The van der Waals surface area contributed by atoms with Crippen LogP contribution < -0.4 is 0 Å². The van der Waals surface area contributed by atoms with Crippen LogP contribution in [0.15, 0.2) is 0 Å². The van der Waals surface area contributed by atoms with Gasteiger partial charge in [0.15, 0.2) is 0 Å². The second-order valence-electron chi connectivity index (χ2n) is 4.61. The molecule has 0 aromatic carbocycles. The van der Waals surface area contributed by atoms with Gasteiger partial charge in [-0.15, -0.1) is 0 Å². The third kappa shape index (κ3) is 1.82. The Balaban J connectivity index is 2.57. The molecular formula is C11H22O. The quantitative estimate of drug-likeness (QED) is 0.618. The highest BCUT2D eigenvalue weighted by Crippen LogP contribution is 2.39. The van der Waals surface area contributed by atoms with Crippen molar-refractivity contribution in [1.82, 2.24) is 0 Å². The van der Waals surface area contributed by atoms with Crippen LogP contribution in [-0.2, 0) is 4.74 Å². The lowest BCUT2D eigenvalue weighted by molar-refractivity contribution is -0.0811. The van der Waals surface area contributed by atoms with Gasteiger partial charge < -0.3 is 4.74 Å². The fraction of sp³-hybridized carbons (Fsp3) is 1.00. The molecule has 1 aliphatic rings. The van der Waals surface area contributed by atoms with Gasteiger partial charge in [-0.1, -0.05) is 20.8 Å². The lowest BCUT2D eigenvalue weighted by atomic mass is 9.73. The fourth-order valence-electron chi connectivity index (χ4n) is 2.27. The van der Waals surface area contributed by atoms with E-state index in [2.05, 4.69) is 20.8 Å². The zero-order valence-electron chi connectivity index (χ0n) is 8.89. The summed E-state index contributed by atoms with van der Waals surface area (Å²) in [6.45, 7) is 6.90. The van der Waals surface area contributed by atoms with E-state index < -0.39 is 0 Å². The Kier molecular flexibility index (Phi) is 3.16. The Morgan fingerprint density at radius 1 is 1.25 bits per heavy atom. The zero-order chi connectivity index (χ0) is 9.19. The minimum atomic E-state index is 0.201. The Labute approximate surface area is 76.5 Å².